The van der Waals surface area contributed by atoms with Gasteiger partial charge in [0.05, 0.1) is 11.1 Å². The average Bonchev–Trinajstić information content (AvgIpc) is 3.32. The van der Waals surface area contributed by atoms with Crippen molar-refractivity contribution in [1.82, 2.24) is 0 Å². The van der Waals surface area contributed by atoms with Crippen LogP contribution in [0.15, 0.2) is 33.5 Å². The van der Waals surface area contributed by atoms with E-state index in [0.29, 0.717) is 23.0 Å². The Labute approximate surface area is 168 Å². The number of ether oxygens (including phenoxy) is 1. The predicted molar refractivity (Wildman–Crippen MR) is 106 cm³/mol. The van der Waals surface area contributed by atoms with E-state index >= 15 is 0 Å². The molecule has 0 radical (unpaired) electrons. The van der Waals surface area contributed by atoms with E-state index in [2.05, 4.69) is 5.38 Å². The first-order valence-electron chi connectivity index (χ1n) is 10.9. The maximum Gasteiger partial charge on any atom is 0.347 e. The summed E-state index contributed by atoms with van der Waals surface area (Å²) in [5, 5.41) is 4.08. The maximum atomic E-state index is 13.0. The van der Waals surface area contributed by atoms with Crippen molar-refractivity contribution >= 4 is 28.8 Å². The third kappa shape index (κ3) is 1.82. The van der Waals surface area contributed by atoms with Crippen LogP contribution in [-0.4, -0.2) is 11.9 Å². The van der Waals surface area contributed by atoms with Crippen molar-refractivity contribution in [3.63, 3.8) is 0 Å². The molecule has 0 aromatic carbocycles. The Hall–Kier alpha value is -1.68. The molecule has 3 nitrogen and oxygen atoms in total. The second-order valence-electron chi connectivity index (χ2n) is 10.1. The van der Waals surface area contributed by atoms with Gasteiger partial charge >= 0.3 is 11.9 Å². The Balaban J connectivity index is 1.45. The van der Waals surface area contributed by atoms with Gasteiger partial charge in [0.1, 0.15) is 0 Å². The van der Waals surface area contributed by atoms with Crippen LogP contribution in [-0.2, 0) is 14.3 Å². The van der Waals surface area contributed by atoms with E-state index in [9.17, 15) is 9.59 Å². The zero-order valence-electron chi connectivity index (χ0n) is 16.0. The Kier molecular flexibility index (Phi) is 3.04. The largest absolute Gasteiger partial charge is 0.386 e. The molecule has 2 heterocycles. The van der Waals surface area contributed by atoms with Crippen molar-refractivity contribution in [2.45, 2.75) is 39.0 Å². The van der Waals surface area contributed by atoms with Crippen molar-refractivity contribution in [2.75, 3.05) is 0 Å². The monoisotopic (exact) mass is 392 g/mol. The number of carbonyl (C=O) groups excluding carboxylic acids is 2. The summed E-state index contributed by atoms with van der Waals surface area (Å²) in [6.45, 7) is 1.98. The van der Waals surface area contributed by atoms with Gasteiger partial charge in [-0.15, -0.1) is 0 Å². The van der Waals surface area contributed by atoms with Gasteiger partial charge in [0, 0.05) is 0 Å². The topological polar surface area (TPSA) is 43.4 Å². The number of allylic oxidation sites excluding steroid dienone is 2. The minimum absolute atomic E-state index is 0.375. The molecule has 0 N–H and O–H groups in total. The van der Waals surface area contributed by atoms with Crippen LogP contribution in [0.1, 0.15) is 44.6 Å². The van der Waals surface area contributed by atoms with Crippen molar-refractivity contribution < 1.29 is 14.3 Å². The van der Waals surface area contributed by atoms with Gasteiger partial charge in [-0.2, -0.15) is 11.3 Å². The molecular weight excluding hydrogens is 368 g/mol. The molecule has 9 rings (SSSR count). The lowest BCUT2D eigenvalue weighted by molar-refractivity contribution is -0.177. The predicted octanol–water partition coefficient (Wildman–Crippen LogP) is 4.85. The normalized spacial score (nSPS) is 49.3. The number of esters is 2. The molecule has 1 saturated heterocycles. The van der Waals surface area contributed by atoms with Crippen molar-refractivity contribution in [2.24, 2.45) is 47.3 Å². The second-order valence-corrected chi connectivity index (χ2v) is 10.9. The summed E-state index contributed by atoms with van der Waals surface area (Å²) in [7, 11) is 0. The first kappa shape index (κ1) is 16.2. The Morgan fingerprint density at radius 3 is 2.32 bits per heavy atom. The highest BCUT2D eigenvalue weighted by molar-refractivity contribution is 7.08. The molecule has 8 fully saturated rings. The smallest absolute Gasteiger partial charge is 0.347 e. The lowest BCUT2D eigenvalue weighted by atomic mass is 9.34. The maximum absolute atomic E-state index is 13.0. The minimum Gasteiger partial charge on any atom is -0.386 e. The summed E-state index contributed by atoms with van der Waals surface area (Å²) in [5.41, 5.74) is 4.51. The lowest BCUT2D eigenvalue weighted by Gasteiger charge is -2.70. The molecule has 28 heavy (non-hydrogen) atoms. The van der Waals surface area contributed by atoms with Crippen LogP contribution in [0.5, 0.6) is 0 Å². The van der Waals surface area contributed by atoms with E-state index in [4.69, 9.17) is 4.74 Å². The molecule has 144 valence electrons. The summed E-state index contributed by atoms with van der Waals surface area (Å²) in [6.07, 6.45) is 6.66. The van der Waals surface area contributed by atoms with E-state index in [-0.39, 0.29) is 5.97 Å². The zero-order chi connectivity index (χ0) is 18.7. The van der Waals surface area contributed by atoms with Gasteiger partial charge in [-0.05, 0) is 120 Å². The average molecular weight is 393 g/mol. The molecule has 7 saturated carbocycles. The third-order valence-corrected chi connectivity index (χ3v) is 10.00. The van der Waals surface area contributed by atoms with Crippen LogP contribution in [0.2, 0.25) is 0 Å². The fourth-order valence-corrected chi connectivity index (χ4v) is 9.37. The van der Waals surface area contributed by atoms with Gasteiger partial charge < -0.3 is 4.74 Å². The first-order valence-corrected chi connectivity index (χ1v) is 11.8. The van der Waals surface area contributed by atoms with E-state index < -0.39 is 5.97 Å². The van der Waals surface area contributed by atoms with Gasteiger partial charge in [-0.25, -0.2) is 9.59 Å². The summed E-state index contributed by atoms with van der Waals surface area (Å²) in [5.74, 6) is 5.37. The summed E-state index contributed by atoms with van der Waals surface area (Å²) in [4.78, 5) is 25.7. The Bertz CT molecular complexity index is 959. The number of hydrogen-bond donors (Lipinski definition) is 0. The quantitative estimate of drug-likeness (QED) is 0.390. The fraction of sp³-hybridized carbons (Fsp3) is 0.583. The molecule has 1 aromatic heterocycles. The van der Waals surface area contributed by atoms with Crippen molar-refractivity contribution in [3.8, 4) is 0 Å². The summed E-state index contributed by atoms with van der Waals surface area (Å²) < 4.78 is 5.22. The van der Waals surface area contributed by atoms with Crippen LogP contribution in [0.4, 0.5) is 0 Å². The Morgan fingerprint density at radius 2 is 1.64 bits per heavy atom. The van der Waals surface area contributed by atoms with E-state index in [1.54, 1.807) is 11.3 Å². The van der Waals surface area contributed by atoms with Crippen molar-refractivity contribution in [3.05, 3.63) is 39.1 Å². The molecule has 4 heteroatoms. The van der Waals surface area contributed by atoms with Crippen LogP contribution >= 0.6 is 11.3 Å². The van der Waals surface area contributed by atoms with Gasteiger partial charge in [-0.1, -0.05) is 0 Å². The molecule has 7 aliphatic carbocycles. The molecule has 1 aromatic rings. The highest BCUT2D eigenvalue weighted by Gasteiger charge is 2.66. The molecule has 8 atom stereocenters. The molecule has 0 spiro atoms. The van der Waals surface area contributed by atoms with E-state index in [1.165, 1.54) is 37.7 Å². The standard InChI is InChI=1S/C24H24O3S/c1-10(12-2-3-28-9-12)19-22(24(26)27-23(19)25)20-13-7-15-14-4-11-5-17(15)21(20)18(6-11)16(14)8-13/h2-3,9,11,13-18,21H,4-8H2,1H3/b19-10+,22-20+/t11?,13?,14?,15-,16-,17-,18+,21?/m0/s1. The van der Waals surface area contributed by atoms with E-state index in [0.717, 1.165) is 46.6 Å². The molecule has 4 unspecified atom stereocenters. The van der Waals surface area contributed by atoms with Crippen LogP contribution < -0.4 is 0 Å². The lowest BCUT2D eigenvalue weighted by Crippen LogP contribution is -2.63. The SMILES string of the molecule is C/C(=C1\C(=O)OC(=O)\C1=C1/C2C[C@H]3C4CC5C[C@@H]3C1[C@H](C5)[C@H]4C2)c1ccsc1. The summed E-state index contributed by atoms with van der Waals surface area (Å²) >= 11 is 1.62. The second kappa shape index (κ2) is 5.27. The van der Waals surface area contributed by atoms with Crippen molar-refractivity contribution in [1.29, 1.82) is 0 Å². The molecule has 0 amide bonds. The summed E-state index contributed by atoms with van der Waals surface area (Å²) in [6, 6.07) is 2.03. The fourth-order valence-electron chi connectivity index (χ4n) is 8.66. The van der Waals surface area contributed by atoms with Gasteiger partial charge in [-0.3, -0.25) is 0 Å². The Morgan fingerprint density at radius 1 is 0.964 bits per heavy atom. The highest BCUT2D eigenvalue weighted by Crippen LogP contribution is 2.73. The first-order chi connectivity index (χ1) is 13.6. The number of hydrogen-bond acceptors (Lipinski definition) is 4. The molecule has 8 bridgehead atoms. The molecule has 8 aliphatic rings. The van der Waals surface area contributed by atoms with Gasteiger partial charge in [0.25, 0.3) is 0 Å². The number of rotatable bonds is 1. The van der Waals surface area contributed by atoms with Crippen LogP contribution in [0.3, 0.4) is 0 Å². The van der Waals surface area contributed by atoms with E-state index in [1.807, 2.05) is 18.4 Å². The highest BCUT2D eigenvalue weighted by atomic mass is 32.1. The van der Waals surface area contributed by atoms with Gasteiger partial charge in [0.15, 0.2) is 0 Å². The zero-order valence-corrected chi connectivity index (χ0v) is 16.8. The minimum atomic E-state index is -0.432. The van der Waals surface area contributed by atoms with Gasteiger partial charge in [0.2, 0.25) is 0 Å². The molecular formula is C24H24O3S. The van der Waals surface area contributed by atoms with Crippen LogP contribution in [0.25, 0.3) is 5.57 Å². The number of carbonyl (C=O) groups is 2. The number of cyclic esters (lactones) is 2. The van der Waals surface area contributed by atoms with Crippen LogP contribution in [0, 0.1) is 47.3 Å². The molecule has 1 aliphatic heterocycles. The third-order valence-electron chi connectivity index (χ3n) is 9.31. The number of thiophene rings is 1.